The van der Waals surface area contributed by atoms with Gasteiger partial charge in [-0.1, -0.05) is 0 Å². The Kier molecular flexibility index (Phi) is 6.35. The van der Waals surface area contributed by atoms with Crippen LogP contribution in [0.4, 0.5) is 25.1 Å². The molecule has 2 aromatic heterocycles. The van der Waals surface area contributed by atoms with Crippen LogP contribution in [0.1, 0.15) is 45.2 Å². The van der Waals surface area contributed by atoms with E-state index in [0.29, 0.717) is 48.8 Å². The van der Waals surface area contributed by atoms with Gasteiger partial charge in [-0.3, -0.25) is 0 Å². The van der Waals surface area contributed by atoms with Crippen LogP contribution < -0.4 is 15.5 Å². The number of ether oxygens (including phenoxy) is 1. The fourth-order valence-corrected chi connectivity index (χ4v) is 3.95. The molecule has 8 nitrogen and oxygen atoms in total. The normalized spacial score (nSPS) is 16.3. The molecule has 1 aliphatic heterocycles. The summed E-state index contributed by atoms with van der Waals surface area (Å²) in [4.78, 5) is 18.5. The van der Waals surface area contributed by atoms with Gasteiger partial charge in [0.15, 0.2) is 5.65 Å². The van der Waals surface area contributed by atoms with Gasteiger partial charge < -0.3 is 20.3 Å². The SMILES string of the molecule is CC(C)(C)OC(=O)NCCNc1cnn2ccc(N3CCC[C@@H]3c3cc(F)ccc3F)nc12. The Balaban J connectivity index is 1.46. The summed E-state index contributed by atoms with van der Waals surface area (Å²) < 4.78 is 35.1. The Morgan fingerprint density at radius 3 is 2.85 bits per heavy atom. The van der Waals surface area contributed by atoms with Crippen molar-refractivity contribution in [2.75, 3.05) is 29.9 Å². The maximum Gasteiger partial charge on any atom is 0.407 e. The molecule has 10 heteroatoms. The molecule has 0 bridgehead atoms. The van der Waals surface area contributed by atoms with Crippen LogP contribution in [-0.4, -0.2) is 45.9 Å². The highest BCUT2D eigenvalue weighted by atomic mass is 19.1. The van der Waals surface area contributed by atoms with Crippen LogP contribution >= 0.6 is 0 Å². The van der Waals surface area contributed by atoms with Crippen molar-refractivity contribution < 1.29 is 18.3 Å². The number of halogens is 2. The van der Waals surface area contributed by atoms with E-state index >= 15 is 0 Å². The van der Waals surface area contributed by atoms with E-state index in [4.69, 9.17) is 9.72 Å². The van der Waals surface area contributed by atoms with Crippen molar-refractivity contribution in [1.82, 2.24) is 19.9 Å². The van der Waals surface area contributed by atoms with Crippen molar-refractivity contribution in [2.45, 2.75) is 45.3 Å². The lowest BCUT2D eigenvalue weighted by Crippen LogP contribution is -2.35. The summed E-state index contributed by atoms with van der Waals surface area (Å²) in [5.41, 5.74) is 1.10. The van der Waals surface area contributed by atoms with Gasteiger partial charge in [0, 0.05) is 31.4 Å². The summed E-state index contributed by atoms with van der Waals surface area (Å²) in [7, 11) is 0. The fourth-order valence-electron chi connectivity index (χ4n) is 3.95. The summed E-state index contributed by atoms with van der Waals surface area (Å²) in [6.07, 6.45) is 4.54. The zero-order valence-electron chi connectivity index (χ0n) is 18.9. The van der Waals surface area contributed by atoms with Crippen LogP contribution in [0, 0.1) is 11.6 Å². The first-order valence-electron chi connectivity index (χ1n) is 11.0. The van der Waals surface area contributed by atoms with Gasteiger partial charge in [0.25, 0.3) is 0 Å². The highest BCUT2D eigenvalue weighted by Gasteiger charge is 2.30. The second-order valence-electron chi connectivity index (χ2n) is 8.98. The number of amides is 1. The van der Waals surface area contributed by atoms with Crippen LogP contribution in [0.2, 0.25) is 0 Å². The molecule has 2 N–H and O–H groups in total. The number of benzene rings is 1. The van der Waals surface area contributed by atoms with Gasteiger partial charge >= 0.3 is 6.09 Å². The van der Waals surface area contributed by atoms with E-state index in [1.54, 1.807) is 37.7 Å². The number of hydrogen-bond donors (Lipinski definition) is 2. The Morgan fingerprint density at radius 1 is 1.24 bits per heavy atom. The van der Waals surface area contributed by atoms with Crippen LogP contribution in [0.3, 0.4) is 0 Å². The van der Waals surface area contributed by atoms with Gasteiger partial charge in [-0.05, 0) is 57.9 Å². The molecule has 0 aliphatic carbocycles. The first kappa shape index (κ1) is 22.8. The molecule has 4 rings (SSSR count). The van der Waals surface area contributed by atoms with E-state index in [2.05, 4.69) is 15.7 Å². The average Bonchev–Trinajstić information content (AvgIpc) is 3.38. The van der Waals surface area contributed by atoms with Gasteiger partial charge in [-0.2, -0.15) is 5.10 Å². The Morgan fingerprint density at radius 2 is 2.06 bits per heavy atom. The molecule has 3 aromatic rings. The summed E-state index contributed by atoms with van der Waals surface area (Å²) >= 11 is 0. The van der Waals surface area contributed by atoms with Gasteiger partial charge in [0.2, 0.25) is 0 Å². The second-order valence-corrected chi connectivity index (χ2v) is 8.98. The number of carbonyl (C=O) groups excluding carboxylic acids is 1. The summed E-state index contributed by atoms with van der Waals surface area (Å²) in [6, 6.07) is 5.10. The molecule has 0 spiro atoms. The third-order valence-electron chi connectivity index (χ3n) is 5.33. The number of anilines is 2. The zero-order chi connectivity index (χ0) is 23.6. The zero-order valence-corrected chi connectivity index (χ0v) is 18.9. The summed E-state index contributed by atoms with van der Waals surface area (Å²) in [5.74, 6) is -0.202. The molecule has 33 heavy (non-hydrogen) atoms. The molecule has 1 aliphatic rings. The number of carbonyl (C=O) groups is 1. The molecule has 0 unspecified atom stereocenters. The highest BCUT2D eigenvalue weighted by molar-refractivity contribution is 5.69. The van der Waals surface area contributed by atoms with Crippen LogP contribution in [0.5, 0.6) is 0 Å². The van der Waals surface area contributed by atoms with E-state index < -0.39 is 23.3 Å². The predicted molar refractivity (Wildman–Crippen MR) is 121 cm³/mol. The number of rotatable bonds is 6. The van der Waals surface area contributed by atoms with E-state index in [9.17, 15) is 13.6 Å². The minimum absolute atomic E-state index is 0.284. The van der Waals surface area contributed by atoms with Gasteiger partial charge in [0.1, 0.15) is 28.7 Å². The number of hydrogen-bond acceptors (Lipinski definition) is 6. The summed E-state index contributed by atoms with van der Waals surface area (Å²) in [6.45, 7) is 6.93. The van der Waals surface area contributed by atoms with Crippen LogP contribution in [-0.2, 0) is 4.74 Å². The largest absolute Gasteiger partial charge is 0.444 e. The van der Waals surface area contributed by atoms with Gasteiger partial charge in [0.05, 0.1) is 12.2 Å². The predicted octanol–water partition coefficient (Wildman–Crippen LogP) is 4.29. The lowest BCUT2D eigenvalue weighted by Gasteiger charge is -2.26. The number of nitrogens with zero attached hydrogens (tertiary/aromatic N) is 4. The molecular formula is C23H28F2N6O2. The van der Waals surface area contributed by atoms with E-state index in [1.165, 1.54) is 12.1 Å². The molecule has 1 fully saturated rings. The molecule has 1 amide bonds. The van der Waals surface area contributed by atoms with Crippen molar-refractivity contribution in [3.05, 3.63) is 53.9 Å². The molecule has 3 heterocycles. The van der Waals surface area contributed by atoms with Crippen molar-refractivity contribution in [2.24, 2.45) is 0 Å². The fraction of sp³-hybridized carbons (Fsp3) is 0.435. The Bertz CT molecular complexity index is 1140. The smallest absolute Gasteiger partial charge is 0.407 e. The molecule has 0 radical (unpaired) electrons. The Labute approximate surface area is 190 Å². The minimum atomic E-state index is -0.553. The summed E-state index contributed by atoms with van der Waals surface area (Å²) in [5, 5.41) is 10.2. The van der Waals surface area contributed by atoms with Gasteiger partial charge in [-0.15, -0.1) is 0 Å². The molecule has 176 valence electrons. The van der Waals surface area contributed by atoms with Crippen LogP contribution in [0.25, 0.3) is 5.65 Å². The third-order valence-corrected chi connectivity index (χ3v) is 5.33. The van der Waals surface area contributed by atoms with Crippen molar-refractivity contribution in [1.29, 1.82) is 0 Å². The lowest BCUT2D eigenvalue weighted by molar-refractivity contribution is 0.0530. The topological polar surface area (TPSA) is 83.8 Å². The van der Waals surface area contributed by atoms with E-state index in [0.717, 1.165) is 12.5 Å². The van der Waals surface area contributed by atoms with Crippen molar-refractivity contribution in [3.8, 4) is 0 Å². The third kappa shape index (κ3) is 5.32. The first-order valence-corrected chi connectivity index (χ1v) is 11.0. The first-order chi connectivity index (χ1) is 15.7. The standard InChI is InChI=1S/C23H28F2N6O2/c1-23(2,3)33-22(32)27-10-9-26-18-14-28-31-12-8-20(29-21(18)31)30-11-4-5-19(30)16-13-15(24)6-7-17(16)25/h6-8,12-14,19,26H,4-5,9-11H2,1-3H3,(H,27,32)/t19-/m1/s1. The number of alkyl carbamates (subject to hydrolysis) is 1. The average molecular weight is 459 g/mol. The van der Waals surface area contributed by atoms with E-state index in [-0.39, 0.29) is 6.04 Å². The quantitative estimate of drug-likeness (QED) is 0.537. The van der Waals surface area contributed by atoms with Crippen molar-refractivity contribution in [3.63, 3.8) is 0 Å². The maximum atomic E-state index is 14.4. The van der Waals surface area contributed by atoms with Crippen molar-refractivity contribution >= 4 is 23.2 Å². The Hall–Kier alpha value is -3.43. The minimum Gasteiger partial charge on any atom is -0.444 e. The van der Waals surface area contributed by atoms with E-state index in [1.807, 2.05) is 11.0 Å². The molecular weight excluding hydrogens is 430 g/mol. The monoisotopic (exact) mass is 458 g/mol. The van der Waals surface area contributed by atoms with Gasteiger partial charge in [-0.25, -0.2) is 23.1 Å². The number of fused-ring (bicyclic) bond motifs is 1. The second kappa shape index (κ2) is 9.21. The molecule has 1 atom stereocenters. The maximum absolute atomic E-state index is 14.4. The molecule has 1 saturated heterocycles. The molecule has 0 saturated carbocycles. The lowest BCUT2D eigenvalue weighted by atomic mass is 10.0. The highest BCUT2D eigenvalue weighted by Crippen LogP contribution is 2.37. The van der Waals surface area contributed by atoms with Crippen LogP contribution in [0.15, 0.2) is 36.7 Å². The molecule has 1 aromatic carbocycles. The number of aromatic nitrogens is 3. The number of nitrogens with one attached hydrogen (secondary N) is 2.